The smallest absolute Gasteiger partial charge is 0.0440 e. The Morgan fingerprint density at radius 1 is 0.339 bits per heavy atom. The van der Waals surface area contributed by atoms with Crippen LogP contribution >= 0.6 is 11.3 Å². The summed E-state index contributed by atoms with van der Waals surface area (Å²) in [6.45, 7) is 4.76. The first-order valence-electron chi connectivity index (χ1n) is 19.6. The van der Waals surface area contributed by atoms with E-state index in [1.165, 1.54) is 119 Å². The predicted molar refractivity (Wildman–Crippen MR) is 243 cm³/mol. The van der Waals surface area contributed by atoms with Crippen molar-refractivity contribution in [2.24, 2.45) is 0 Å². The van der Waals surface area contributed by atoms with Gasteiger partial charge in [-0.05, 0) is 106 Å². The molecular weight excluding hydrogens is 693 g/mol. The maximum atomic E-state index is 2.45. The zero-order valence-corrected chi connectivity index (χ0v) is 32.0. The Labute approximate surface area is 329 Å². The van der Waals surface area contributed by atoms with Gasteiger partial charge in [-0.15, -0.1) is 11.3 Å². The minimum Gasteiger partial charge on any atom is -0.134 e. The van der Waals surface area contributed by atoms with Crippen LogP contribution in [0.15, 0.2) is 182 Å². The molecule has 56 heavy (non-hydrogen) atoms. The summed E-state index contributed by atoms with van der Waals surface area (Å²) in [5.41, 5.74) is 13.2. The van der Waals surface area contributed by atoms with Gasteiger partial charge in [0.25, 0.3) is 0 Å². The lowest BCUT2D eigenvalue weighted by atomic mass is 9.82. The standard InChI is InChI=1S/C55H36S/c1-55(2)47-25-12-11-24-44(47)52-48(55)29-28-45-51-39-19-6-5-16-36(39)32-46(54(51)56-53(45)52)35-17-13-18-37(31-35)49-40-20-7-9-22-42(40)50(43-23-10-8-21-41(43)49)38-27-26-33-14-3-4-15-34(33)30-38/h3-32H,1-2H3. The maximum absolute atomic E-state index is 2.45. The van der Waals surface area contributed by atoms with Gasteiger partial charge in [0.1, 0.15) is 0 Å². The van der Waals surface area contributed by atoms with Crippen molar-refractivity contribution in [1.82, 2.24) is 0 Å². The summed E-state index contributed by atoms with van der Waals surface area (Å²) >= 11 is 1.97. The molecule has 0 atom stereocenters. The van der Waals surface area contributed by atoms with Gasteiger partial charge in [0, 0.05) is 36.7 Å². The van der Waals surface area contributed by atoms with E-state index in [4.69, 9.17) is 0 Å². The predicted octanol–water partition coefficient (Wildman–Crippen LogP) is 16.0. The summed E-state index contributed by atoms with van der Waals surface area (Å²) in [7, 11) is 0. The Morgan fingerprint density at radius 2 is 0.929 bits per heavy atom. The van der Waals surface area contributed by atoms with Crippen LogP contribution in [0.4, 0.5) is 0 Å². The topological polar surface area (TPSA) is 0 Å². The number of hydrogen-bond donors (Lipinski definition) is 0. The van der Waals surface area contributed by atoms with Gasteiger partial charge in [-0.3, -0.25) is 0 Å². The molecule has 0 nitrogen and oxygen atoms in total. The highest BCUT2D eigenvalue weighted by molar-refractivity contribution is 7.27. The molecule has 0 aliphatic heterocycles. The van der Waals surface area contributed by atoms with E-state index in [0.29, 0.717) is 0 Å². The van der Waals surface area contributed by atoms with E-state index in [9.17, 15) is 0 Å². The van der Waals surface area contributed by atoms with Crippen molar-refractivity contribution in [3.8, 4) is 44.5 Å². The fourth-order valence-corrected chi connectivity index (χ4v) is 11.4. The van der Waals surface area contributed by atoms with Crippen LogP contribution in [0.1, 0.15) is 25.0 Å². The lowest BCUT2D eigenvalue weighted by molar-refractivity contribution is 0.661. The molecule has 0 saturated heterocycles. The van der Waals surface area contributed by atoms with Gasteiger partial charge in [-0.1, -0.05) is 178 Å². The number of rotatable bonds is 3. The van der Waals surface area contributed by atoms with Crippen LogP contribution in [0, 0.1) is 0 Å². The average molecular weight is 729 g/mol. The van der Waals surface area contributed by atoms with Crippen molar-refractivity contribution >= 4 is 74.6 Å². The first-order chi connectivity index (χ1) is 27.5. The van der Waals surface area contributed by atoms with Gasteiger partial charge >= 0.3 is 0 Å². The minimum absolute atomic E-state index is 0.0368. The van der Waals surface area contributed by atoms with Gasteiger partial charge in [0.2, 0.25) is 0 Å². The molecule has 10 aromatic carbocycles. The molecule has 0 bridgehead atoms. The molecule has 1 aliphatic carbocycles. The quantitative estimate of drug-likeness (QED) is 0.159. The van der Waals surface area contributed by atoms with Crippen LogP contribution in [-0.2, 0) is 5.41 Å². The Balaban J connectivity index is 1.12. The van der Waals surface area contributed by atoms with Crippen LogP contribution < -0.4 is 0 Å². The second kappa shape index (κ2) is 11.7. The molecule has 12 rings (SSSR count). The molecule has 1 aliphatic rings. The number of fused-ring (bicyclic) bond motifs is 12. The fourth-order valence-electron chi connectivity index (χ4n) is 10.0. The lowest BCUT2D eigenvalue weighted by Crippen LogP contribution is -2.14. The number of benzene rings is 10. The van der Waals surface area contributed by atoms with Crippen LogP contribution in [0.5, 0.6) is 0 Å². The number of thiophene rings is 1. The Morgan fingerprint density at radius 3 is 1.66 bits per heavy atom. The zero-order chi connectivity index (χ0) is 37.1. The Hall–Kier alpha value is -6.54. The monoisotopic (exact) mass is 728 g/mol. The van der Waals surface area contributed by atoms with E-state index in [-0.39, 0.29) is 5.41 Å². The largest absolute Gasteiger partial charge is 0.134 e. The Bertz CT molecular complexity index is 3390. The van der Waals surface area contributed by atoms with E-state index in [0.717, 1.165) is 0 Å². The van der Waals surface area contributed by atoms with Gasteiger partial charge < -0.3 is 0 Å². The molecule has 0 radical (unpaired) electrons. The van der Waals surface area contributed by atoms with Crippen molar-refractivity contribution in [3.63, 3.8) is 0 Å². The maximum Gasteiger partial charge on any atom is 0.0440 e. The third kappa shape index (κ3) is 4.41. The molecule has 1 aromatic heterocycles. The van der Waals surface area contributed by atoms with E-state index >= 15 is 0 Å². The molecule has 11 aromatic rings. The normalized spacial score (nSPS) is 13.3. The van der Waals surface area contributed by atoms with Gasteiger partial charge in [0.05, 0.1) is 0 Å². The second-order valence-corrected chi connectivity index (χ2v) is 17.0. The summed E-state index contributed by atoms with van der Waals surface area (Å²) in [5, 5.41) is 12.9. The van der Waals surface area contributed by atoms with Crippen molar-refractivity contribution < 1.29 is 0 Å². The first-order valence-corrected chi connectivity index (χ1v) is 20.4. The lowest BCUT2D eigenvalue weighted by Gasteiger charge is -2.21. The van der Waals surface area contributed by atoms with Gasteiger partial charge in [-0.2, -0.15) is 0 Å². The van der Waals surface area contributed by atoms with Crippen molar-refractivity contribution in [2.75, 3.05) is 0 Å². The fraction of sp³-hybridized carbons (Fsp3) is 0.0545. The Kier molecular flexibility index (Phi) is 6.66. The number of hydrogen-bond acceptors (Lipinski definition) is 1. The van der Waals surface area contributed by atoms with Crippen molar-refractivity contribution in [2.45, 2.75) is 19.3 Å². The van der Waals surface area contributed by atoms with Crippen LogP contribution in [0.25, 0.3) is 108 Å². The summed E-state index contributed by atoms with van der Waals surface area (Å²) in [4.78, 5) is 0. The zero-order valence-electron chi connectivity index (χ0n) is 31.2. The average Bonchev–Trinajstić information content (AvgIpc) is 3.75. The molecule has 0 spiro atoms. The van der Waals surface area contributed by atoms with E-state index < -0.39 is 0 Å². The molecule has 0 fully saturated rings. The third-order valence-corrected chi connectivity index (χ3v) is 13.9. The summed E-state index contributed by atoms with van der Waals surface area (Å²) in [6.07, 6.45) is 0. The van der Waals surface area contributed by atoms with E-state index in [1.54, 1.807) is 0 Å². The molecule has 0 unspecified atom stereocenters. The third-order valence-electron chi connectivity index (χ3n) is 12.6. The molecule has 262 valence electrons. The van der Waals surface area contributed by atoms with Crippen molar-refractivity contribution in [1.29, 1.82) is 0 Å². The summed E-state index contributed by atoms with van der Waals surface area (Å²) in [6, 6.07) is 68.1. The van der Waals surface area contributed by atoms with Crippen LogP contribution in [0.2, 0.25) is 0 Å². The second-order valence-electron chi connectivity index (χ2n) is 16.0. The van der Waals surface area contributed by atoms with E-state index in [2.05, 4.69) is 196 Å². The SMILES string of the molecule is CC1(C)c2ccccc2-c2c1ccc1c2sc2c(-c3cccc(-c4c5ccccc5c(-c5ccc6ccccc6c5)c5ccccc45)c3)cc3ccccc3c21. The highest BCUT2D eigenvalue weighted by atomic mass is 32.1. The van der Waals surface area contributed by atoms with Crippen LogP contribution in [0.3, 0.4) is 0 Å². The van der Waals surface area contributed by atoms with Crippen molar-refractivity contribution in [3.05, 3.63) is 193 Å². The molecule has 0 saturated carbocycles. The molecule has 1 heteroatoms. The molecular formula is C55H36S. The first kappa shape index (κ1) is 31.8. The van der Waals surface area contributed by atoms with Gasteiger partial charge in [0.15, 0.2) is 0 Å². The molecule has 0 amide bonds. The molecule has 0 N–H and O–H groups in total. The molecule has 1 heterocycles. The summed E-state index contributed by atoms with van der Waals surface area (Å²) < 4.78 is 2.75. The highest BCUT2D eigenvalue weighted by Crippen LogP contribution is 2.55. The van der Waals surface area contributed by atoms with Gasteiger partial charge in [-0.25, -0.2) is 0 Å². The van der Waals surface area contributed by atoms with Crippen LogP contribution in [-0.4, -0.2) is 0 Å². The minimum atomic E-state index is -0.0368. The highest BCUT2D eigenvalue weighted by Gasteiger charge is 2.37. The summed E-state index contributed by atoms with van der Waals surface area (Å²) in [5.74, 6) is 0. The van der Waals surface area contributed by atoms with E-state index in [1.807, 2.05) is 11.3 Å².